The Bertz CT molecular complexity index is 1740. The van der Waals surface area contributed by atoms with E-state index in [4.69, 9.17) is 9.47 Å². The van der Waals surface area contributed by atoms with E-state index in [2.05, 4.69) is 76.5 Å². The number of unbranched alkanes of at least 4 members (excludes halogenated alkanes) is 7. The molecule has 7 rings (SSSR count). The monoisotopic (exact) mass is 732 g/mol. The molecule has 2 fully saturated rings. The number of aryl methyl sites for hydroxylation is 2. The zero-order valence-electron chi connectivity index (χ0n) is 32.6. The lowest BCUT2D eigenvalue weighted by Gasteiger charge is -2.60. The first-order valence-corrected chi connectivity index (χ1v) is 21.0. The van der Waals surface area contributed by atoms with Gasteiger partial charge in [-0.15, -0.1) is 0 Å². The molecular formula is C47H60N2O5. The van der Waals surface area contributed by atoms with Crippen molar-refractivity contribution in [1.29, 1.82) is 0 Å². The lowest BCUT2D eigenvalue weighted by atomic mass is 9.51. The van der Waals surface area contributed by atoms with Crippen molar-refractivity contribution in [2.45, 2.75) is 140 Å². The Morgan fingerprint density at radius 2 is 1.44 bits per heavy atom. The molecule has 4 aliphatic rings. The molecule has 54 heavy (non-hydrogen) atoms. The highest BCUT2D eigenvalue weighted by atomic mass is 16.6. The first kappa shape index (κ1) is 38.3. The Balaban J connectivity index is 1.04. The maximum Gasteiger partial charge on any atom is 0.308 e. The minimum atomic E-state index is -0.360. The van der Waals surface area contributed by atoms with Crippen molar-refractivity contribution >= 4 is 17.7 Å². The van der Waals surface area contributed by atoms with Gasteiger partial charge in [0.05, 0.1) is 12.6 Å². The molecule has 0 unspecified atom stereocenters. The molecule has 1 amide bonds. The summed E-state index contributed by atoms with van der Waals surface area (Å²) >= 11 is 0. The minimum absolute atomic E-state index is 0.0658. The van der Waals surface area contributed by atoms with Crippen molar-refractivity contribution < 1.29 is 23.9 Å². The van der Waals surface area contributed by atoms with Crippen LogP contribution in [0.3, 0.4) is 0 Å². The van der Waals surface area contributed by atoms with E-state index in [-0.39, 0.29) is 41.3 Å². The first-order chi connectivity index (χ1) is 26.3. The number of nitrogens with zero attached hydrogens (tertiary/aromatic N) is 2. The van der Waals surface area contributed by atoms with Crippen molar-refractivity contribution in [2.75, 3.05) is 19.6 Å². The smallest absolute Gasteiger partial charge is 0.308 e. The molecule has 7 nitrogen and oxygen atoms in total. The third-order valence-corrected chi connectivity index (χ3v) is 12.9. The van der Waals surface area contributed by atoms with E-state index in [0.29, 0.717) is 36.9 Å². The van der Waals surface area contributed by atoms with Gasteiger partial charge in [-0.1, -0.05) is 105 Å². The number of hydrogen-bond acceptors (Lipinski definition) is 6. The normalized spacial score (nSPS) is 23.7. The summed E-state index contributed by atoms with van der Waals surface area (Å²) in [5.41, 5.74) is 4.88. The van der Waals surface area contributed by atoms with Gasteiger partial charge >= 0.3 is 5.97 Å². The van der Waals surface area contributed by atoms with Gasteiger partial charge in [-0.2, -0.15) is 0 Å². The molecule has 0 aromatic heterocycles. The summed E-state index contributed by atoms with van der Waals surface area (Å²) in [7, 11) is 0. The Labute approximate surface area is 322 Å². The summed E-state index contributed by atoms with van der Waals surface area (Å²) in [4.78, 5) is 43.7. The Morgan fingerprint density at radius 1 is 0.796 bits per heavy atom. The van der Waals surface area contributed by atoms with E-state index in [9.17, 15) is 14.4 Å². The highest BCUT2D eigenvalue weighted by Gasteiger charge is 2.66. The van der Waals surface area contributed by atoms with Crippen LogP contribution in [0.4, 0.5) is 0 Å². The van der Waals surface area contributed by atoms with Crippen LogP contribution in [-0.2, 0) is 39.1 Å². The fraction of sp³-hybridized carbons (Fsp3) is 0.553. The van der Waals surface area contributed by atoms with Gasteiger partial charge in [0.25, 0.3) is 0 Å². The standard InChI is InChI=1S/C47H60N2O5/c1-34(50)33-48-31-29-47-39-26-27-40(46(47)54-45-42(53-35(2)51)28-25-38(44(45)47)32-41(39)48)49(30-17-23-37-21-14-10-15-22-37)43(52)24-16-8-6-4-3-5-7-11-18-36-19-12-9-13-20-36/h9-10,12-15,19-22,25,28,39-41,46H,3-8,11,16-18,23-24,26-27,29-33H2,1-2H3/t39-,40+,41+,46-,47-/m0/s1. The number of esters is 1. The van der Waals surface area contributed by atoms with Gasteiger partial charge in [0.1, 0.15) is 11.9 Å². The van der Waals surface area contributed by atoms with Crippen LogP contribution in [0.1, 0.15) is 120 Å². The summed E-state index contributed by atoms with van der Waals surface area (Å²) in [6.45, 7) is 5.12. The number of carbonyl (C=O) groups is 3. The number of rotatable bonds is 19. The van der Waals surface area contributed by atoms with Crippen LogP contribution in [0.15, 0.2) is 72.8 Å². The van der Waals surface area contributed by atoms with Gasteiger partial charge in [0.2, 0.25) is 5.91 Å². The molecule has 2 aliphatic heterocycles. The third kappa shape index (κ3) is 8.32. The molecule has 2 heterocycles. The van der Waals surface area contributed by atoms with Crippen LogP contribution in [0.25, 0.3) is 0 Å². The number of benzene rings is 3. The van der Waals surface area contributed by atoms with Crippen LogP contribution in [0.5, 0.6) is 11.5 Å². The van der Waals surface area contributed by atoms with Crippen molar-refractivity contribution in [3.63, 3.8) is 0 Å². The largest absolute Gasteiger partial charge is 0.483 e. The SMILES string of the molecule is CC(=O)CN1CC[C@]23c4c5ccc(OC(C)=O)c4O[C@H]2[C@H](N(CCCc2ccccc2)C(=O)CCCCCCCCCCc2ccccc2)CC[C@H]3[C@H]1C5. The van der Waals surface area contributed by atoms with Crippen molar-refractivity contribution in [1.82, 2.24) is 9.80 Å². The summed E-state index contributed by atoms with van der Waals surface area (Å²) in [6, 6.07) is 25.5. The molecule has 2 aliphatic carbocycles. The topological polar surface area (TPSA) is 76.2 Å². The second-order valence-electron chi connectivity index (χ2n) is 16.5. The van der Waals surface area contributed by atoms with Gasteiger partial charge in [-0.05, 0) is 99.9 Å². The molecule has 1 saturated carbocycles. The summed E-state index contributed by atoms with van der Waals surface area (Å²) in [6.07, 6.45) is 16.4. The highest BCUT2D eigenvalue weighted by Crippen LogP contribution is 2.64. The second-order valence-corrected chi connectivity index (χ2v) is 16.5. The fourth-order valence-electron chi connectivity index (χ4n) is 10.7. The number of likely N-dealkylation sites (tertiary alicyclic amines) is 1. The summed E-state index contributed by atoms with van der Waals surface area (Å²) in [5, 5.41) is 0. The number of piperidine rings is 1. The summed E-state index contributed by atoms with van der Waals surface area (Å²) < 4.78 is 12.9. The Hall–Kier alpha value is -3.97. The molecule has 288 valence electrons. The number of hydrogen-bond donors (Lipinski definition) is 0. The van der Waals surface area contributed by atoms with E-state index in [1.807, 2.05) is 6.07 Å². The molecule has 3 aromatic carbocycles. The average molecular weight is 733 g/mol. The van der Waals surface area contributed by atoms with Crippen molar-refractivity contribution in [3.8, 4) is 11.5 Å². The van der Waals surface area contributed by atoms with Gasteiger partial charge in [-0.3, -0.25) is 19.3 Å². The molecule has 7 heteroatoms. The molecule has 2 bridgehead atoms. The third-order valence-electron chi connectivity index (χ3n) is 12.9. The lowest BCUT2D eigenvalue weighted by Crippen LogP contribution is -2.69. The number of amides is 1. The van der Waals surface area contributed by atoms with Crippen LogP contribution in [0, 0.1) is 5.92 Å². The number of ether oxygens (including phenoxy) is 2. The lowest BCUT2D eigenvalue weighted by molar-refractivity contribution is -0.143. The number of ketones is 1. The highest BCUT2D eigenvalue weighted by molar-refractivity contribution is 5.78. The average Bonchev–Trinajstić information content (AvgIpc) is 3.52. The predicted octanol–water partition coefficient (Wildman–Crippen LogP) is 8.82. The van der Waals surface area contributed by atoms with E-state index in [0.717, 1.165) is 57.9 Å². The van der Waals surface area contributed by atoms with Gasteiger partial charge in [-0.25, -0.2) is 0 Å². The molecular weight excluding hydrogens is 673 g/mol. The van der Waals surface area contributed by atoms with Crippen LogP contribution < -0.4 is 9.47 Å². The zero-order valence-corrected chi connectivity index (χ0v) is 32.6. The molecule has 0 N–H and O–H groups in total. The maximum atomic E-state index is 14.4. The molecule has 5 atom stereocenters. The number of carbonyl (C=O) groups excluding carboxylic acids is 3. The Morgan fingerprint density at radius 3 is 2.11 bits per heavy atom. The summed E-state index contributed by atoms with van der Waals surface area (Å²) in [5.74, 6) is 1.59. The van der Waals surface area contributed by atoms with E-state index < -0.39 is 0 Å². The molecule has 3 aromatic rings. The second kappa shape index (κ2) is 17.7. The molecule has 1 saturated heterocycles. The van der Waals surface area contributed by atoms with Gasteiger partial charge in [0, 0.05) is 36.9 Å². The number of Topliss-reactive ketones (excluding diaryl/α,β-unsaturated/α-hetero) is 1. The van der Waals surface area contributed by atoms with Crippen LogP contribution in [0.2, 0.25) is 0 Å². The maximum absolute atomic E-state index is 14.4. The Kier molecular flexibility index (Phi) is 12.5. The van der Waals surface area contributed by atoms with Crippen molar-refractivity contribution in [3.05, 3.63) is 95.1 Å². The minimum Gasteiger partial charge on any atom is -0.483 e. The van der Waals surface area contributed by atoms with Gasteiger partial charge < -0.3 is 14.4 Å². The van der Waals surface area contributed by atoms with E-state index in [1.54, 1.807) is 6.92 Å². The fourth-order valence-corrected chi connectivity index (χ4v) is 10.7. The van der Waals surface area contributed by atoms with Crippen LogP contribution >= 0.6 is 0 Å². The molecule has 1 spiro atoms. The quantitative estimate of drug-likeness (QED) is 0.0697. The van der Waals surface area contributed by atoms with Crippen LogP contribution in [-0.4, -0.2) is 65.3 Å². The van der Waals surface area contributed by atoms with Crippen molar-refractivity contribution in [2.24, 2.45) is 5.92 Å². The predicted molar refractivity (Wildman–Crippen MR) is 213 cm³/mol. The van der Waals surface area contributed by atoms with E-state index >= 15 is 0 Å². The molecule has 0 radical (unpaired) electrons. The zero-order chi connectivity index (χ0) is 37.5. The first-order valence-electron chi connectivity index (χ1n) is 21.0. The van der Waals surface area contributed by atoms with E-state index in [1.165, 1.54) is 74.1 Å². The van der Waals surface area contributed by atoms with Gasteiger partial charge in [0.15, 0.2) is 11.5 Å².